The topological polar surface area (TPSA) is 146 Å². The summed E-state index contributed by atoms with van der Waals surface area (Å²) < 4.78 is 48.5. The second kappa shape index (κ2) is 35.0. The molecule has 1 aliphatic heterocycles. The number of benzene rings is 15. The standard InChI is InChI=1S/C44H34BN5O.2C37H22N4O2.3Pt/c1-27-11-10-12-28(2)41(27)45-48(5)37-20-18-29(25-34(37)42-47-23-24-49(42)45)51-30-17-19-32-31-13-7-9-16-38(31)50(39(32)26-30)43-40-33-14-6-8-15-35(33)44(3,4)36(40)21-22-46-43;2*1-39-23-40(32-15-6-5-14-31(32)39)24-9-8-10-25(21-24)42-26-17-18-28-27-11-2-4-13-30(27)41(33(28)22-26)37-36-29-12-3-7-16-34(29)43-35(36)19-20-38-37;;;/h6-24H,1-5H3;2*2-20H,1H3;;;/q3*-2;;;+2. The van der Waals surface area contributed by atoms with Crippen molar-refractivity contribution in [3.63, 3.8) is 0 Å². The summed E-state index contributed by atoms with van der Waals surface area (Å²) in [6.07, 6.45) is 16.2. The molecule has 28 rings (SSSR count). The number of pyridine rings is 3. The number of furan rings is 2. The molecule has 0 unspecified atom stereocenters. The number of ether oxygens (including phenoxy) is 3. The van der Waals surface area contributed by atoms with Gasteiger partial charge in [-0.05, 0) is 108 Å². The maximum atomic E-state index is 6.60. The summed E-state index contributed by atoms with van der Waals surface area (Å²) in [4.78, 5) is 22.0. The summed E-state index contributed by atoms with van der Waals surface area (Å²) in [5.74, 6) is 6.91. The van der Waals surface area contributed by atoms with Crippen LogP contribution in [0.1, 0.15) is 36.1 Å². The van der Waals surface area contributed by atoms with Gasteiger partial charge in [0.1, 0.15) is 39.8 Å². The molecule has 0 saturated carbocycles. The van der Waals surface area contributed by atoms with E-state index < -0.39 is 0 Å². The molecule has 15 aromatic carbocycles. The number of rotatable bonds is 12. The Morgan fingerprint density at radius 1 is 0.357 bits per heavy atom. The first kappa shape index (κ1) is 88.2. The van der Waals surface area contributed by atoms with Crippen molar-refractivity contribution in [2.45, 2.75) is 33.1 Å². The van der Waals surface area contributed by atoms with Crippen LogP contribution in [0.2, 0.25) is 0 Å². The summed E-state index contributed by atoms with van der Waals surface area (Å²) in [6.45, 7) is 8.95. The van der Waals surface area contributed by atoms with E-state index in [1.54, 1.807) is 12.4 Å². The number of para-hydroxylation sites is 9. The Kier molecular flexibility index (Phi) is 22.1. The zero-order chi connectivity index (χ0) is 91.6. The van der Waals surface area contributed by atoms with Gasteiger partial charge in [-0.3, -0.25) is 4.98 Å². The molecule has 0 atom stereocenters. The Bertz CT molecular complexity index is 9120. The minimum atomic E-state index is -0.135. The summed E-state index contributed by atoms with van der Waals surface area (Å²) in [7, 11) is 6.12. The van der Waals surface area contributed by atoms with Crippen molar-refractivity contribution in [2.24, 2.45) is 14.1 Å². The third-order valence-corrected chi connectivity index (χ3v) is 27.0. The Balaban J connectivity index is 0.000000116. The van der Waals surface area contributed by atoms with Crippen LogP contribution in [0.25, 0.3) is 183 Å². The summed E-state index contributed by atoms with van der Waals surface area (Å²) in [6, 6.07) is 128. The number of anilines is 1. The molecule has 0 fully saturated rings. The normalized spacial score (nSPS) is 12.4. The summed E-state index contributed by atoms with van der Waals surface area (Å²) in [5, 5.41) is 10.6. The fourth-order valence-corrected chi connectivity index (χ4v) is 20.8. The smallest absolute Gasteiger partial charge is 0.510 e. The van der Waals surface area contributed by atoms with Crippen LogP contribution in [-0.4, -0.2) is 61.3 Å². The fourth-order valence-electron chi connectivity index (χ4n) is 20.8. The van der Waals surface area contributed by atoms with Crippen molar-refractivity contribution in [3.8, 4) is 85.8 Å². The number of hydrogen-bond donors (Lipinski definition) is 0. The van der Waals surface area contributed by atoms with E-state index in [0.29, 0.717) is 34.5 Å². The van der Waals surface area contributed by atoms with Gasteiger partial charge in [-0.2, -0.15) is 42.5 Å². The van der Waals surface area contributed by atoms with Crippen LogP contribution in [-0.2, 0) is 82.7 Å². The molecule has 0 N–H and O–H groups in total. The summed E-state index contributed by atoms with van der Waals surface area (Å²) >= 11 is 0. The number of hydrogen-bond acceptors (Lipinski definition) is 10. The van der Waals surface area contributed by atoms with E-state index in [1.807, 2.05) is 190 Å². The van der Waals surface area contributed by atoms with E-state index in [4.69, 9.17) is 43.0 Å². The number of aryl methyl sites for hydroxylation is 4. The quantitative estimate of drug-likeness (QED) is 0.0658. The van der Waals surface area contributed by atoms with Crippen molar-refractivity contribution in [1.29, 1.82) is 0 Å². The molecule has 140 heavy (non-hydrogen) atoms. The second-order valence-corrected chi connectivity index (χ2v) is 35.4. The van der Waals surface area contributed by atoms with Crippen LogP contribution >= 0.6 is 0 Å². The number of nitrogens with zero attached hydrogens (tertiary/aromatic N) is 13. The van der Waals surface area contributed by atoms with Gasteiger partial charge in [0.2, 0.25) is 12.7 Å². The number of aromatic nitrogens is 12. The van der Waals surface area contributed by atoms with Crippen molar-refractivity contribution < 1.29 is 95.4 Å². The molecule has 0 amide bonds. The molecule has 0 spiro atoms. The first-order valence-electron chi connectivity index (χ1n) is 45.5. The predicted molar refractivity (Wildman–Crippen MR) is 540 cm³/mol. The van der Waals surface area contributed by atoms with Gasteiger partial charge in [-0.15, -0.1) is 82.9 Å². The van der Waals surface area contributed by atoms with Crippen LogP contribution in [0.15, 0.2) is 355 Å². The molecule has 1 aliphatic carbocycles. The van der Waals surface area contributed by atoms with Crippen LogP contribution in [0, 0.1) is 62.9 Å². The van der Waals surface area contributed by atoms with Crippen molar-refractivity contribution in [3.05, 3.63) is 418 Å². The molecular weight excluding hydrogens is 2280 g/mol. The number of imidazole rings is 3. The molecule has 2 aliphatic rings. The SMILES string of the molecule is C[n+]1[c-]n(-c2[c-]c(Oc3[c-]c4c(cc3)c3ccccc3n4-c3nccc4oc5ccccc5c34)ccc2)c2ccccc21.C[n+]1[c-]n(-c2[c-]c(Oc3[c-]c4c(cc3)c3ccccc3n4-c3nccc4oc5ccccc5c34)ccc2)c2ccccc21.Cc1cccc(C)c1B1N(C)c2ccc(Oc3[c-]c4c(cc3)c3ccccc3n4-c3nccc4c3-c3ccccc3C4(C)C)[c-]c2-c2nccn21.[Pt+2].[Pt].[Pt]. The Morgan fingerprint density at radius 3 is 1.27 bits per heavy atom. The minimum Gasteiger partial charge on any atom is -0.510 e. The molecule has 682 valence electrons. The van der Waals surface area contributed by atoms with E-state index in [9.17, 15) is 0 Å². The van der Waals surface area contributed by atoms with Crippen LogP contribution < -0.4 is 33.6 Å². The number of fused-ring (bicyclic) bond motifs is 23. The molecule has 18 nitrogen and oxygen atoms in total. The first-order valence-corrected chi connectivity index (χ1v) is 45.5. The van der Waals surface area contributed by atoms with E-state index in [0.717, 1.165) is 177 Å². The van der Waals surface area contributed by atoms with Crippen LogP contribution in [0.4, 0.5) is 5.69 Å². The maximum Gasteiger partial charge on any atom is 2.00 e. The van der Waals surface area contributed by atoms with Crippen molar-refractivity contribution in [2.75, 3.05) is 11.9 Å². The third kappa shape index (κ3) is 14.3. The molecule has 12 heterocycles. The molecule has 22 heteroatoms. The van der Waals surface area contributed by atoms with E-state index in [1.165, 1.54) is 38.8 Å². The second-order valence-electron chi connectivity index (χ2n) is 35.4. The van der Waals surface area contributed by atoms with Gasteiger partial charge >= 0.3 is 28.0 Å². The van der Waals surface area contributed by atoms with Gasteiger partial charge in [0.05, 0.1) is 46.9 Å². The van der Waals surface area contributed by atoms with Gasteiger partial charge in [0, 0.05) is 152 Å². The molecule has 26 aromatic rings. The van der Waals surface area contributed by atoms with E-state index in [2.05, 4.69) is 283 Å². The van der Waals surface area contributed by atoms with E-state index >= 15 is 0 Å². The largest absolute Gasteiger partial charge is 2.00 e. The van der Waals surface area contributed by atoms with E-state index in [-0.39, 0.29) is 75.6 Å². The van der Waals surface area contributed by atoms with Gasteiger partial charge in [-0.1, -0.05) is 258 Å². The van der Waals surface area contributed by atoms with Crippen LogP contribution in [0.5, 0.6) is 34.5 Å². The maximum absolute atomic E-state index is 6.60. The first-order chi connectivity index (χ1) is 67.3. The van der Waals surface area contributed by atoms with Gasteiger partial charge < -0.3 is 64.3 Å². The van der Waals surface area contributed by atoms with Gasteiger partial charge in [0.15, 0.2) is 0 Å². The van der Waals surface area contributed by atoms with Gasteiger partial charge in [0.25, 0.3) is 0 Å². The fraction of sp³-hybridized carbons (Fsp3) is 0.0678. The minimum absolute atomic E-state index is 0. The third-order valence-electron chi connectivity index (χ3n) is 27.0. The zero-order valence-corrected chi connectivity index (χ0v) is 83.1. The van der Waals surface area contributed by atoms with Crippen LogP contribution in [0.3, 0.4) is 0 Å². The van der Waals surface area contributed by atoms with Gasteiger partial charge in [-0.25, -0.2) is 15.0 Å². The molecule has 0 saturated heterocycles. The monoisotopic (exact) mass is 2350 g/mol. The zero-order valence-electron chi connectivity index (χ0n) is 76.3. The average Bonchev–Trinajstić information content (AvgIpc) is 1.56. The molecular formula is C118H78BN13O5Pt3-4. The van der Waals surface area contributed by atoms with Crippen molar-refractivity contribution in [1.82, 2.24) is 47.2 Å². The Morgan fingerprint density at radius 2 is 0.764 bits per heavy atom. The van der Waals surface area contributed by atoms with Crippen molar-refractivity contribution >= 4 is 149 Å². The molecule has 11 aromatic heterocycles. The predicted octanol–water partition coefficient (Wildman–Crippen LogP) is 25.1. The average molecular weight is 2350 g/mol. The summed E-state index contributed by atoms with van der Waals surface area (Å²) in [5.41, 5.74) is 25.6. The Hall–Kier alpha value is -15.8. The Labute approximate surface area is 847 Å². The molecule has 0 bridgehead atoms. The molecule has 0 radical (unpaired) electrons.